The van der Waals surface area contributed by atoms with Gasteiger partial charge < -0.3 is 4.74 Å². The zero-order chi connectivity index (χ0) is 12.2. The molecule has 16 heavy (non-hydrogen) atoms. The lowest BCUT2D eigenvalue weighted by molar-refractivity contribution is -0.0250. The quantitative estimate of drug-likeness (QED) is 0.733. The molecular weight excluding hydrogens is 288 g/mol. The highest BCUT2D eigenvalue weighted by atomic mass is 79.9. The van der Waals surface area contributed by atoms with E-state index in [4.69, 9.17) is 4.74 Å². The predicted molar refractivity (Wildman–Crippen MR) is 71.3 cm³/mol. The summed E-state index contributed by atoms with van der Waals surface area (Å²) in [6.07, 6.45) is 1.41. The molecule has 0 saturated carbocycles. The van der Waals surface area contributed by atoms with Crippen LogP contribution in [0.1, 0.15) is 44.0 Å². The number of Topliss-reactive ketones (excluding diaryl/α,β-unsaturated/α-hetero) is 1. The maximum Gasteiger partial charge on any atom is 0.196 e. The van der Waals surface area contributed by atoms with Gasteiger partial charge in [0, 0.05) is 27.4 Å². The van der Waals surface area contributed by atoms with Crippen LogP contribution in [-0.4, -0.2) is 18.0 Å². The standard InChI is InChI=1S/C12H17BrO2S/c1-4-12(5-2,15-6-3)11(14)9-7-16-8-10(9)13/h7-8H,4-6H2,1-3H3. The summed E-state index contributed by atoms with van der Waals surface area (Å²) in [6.45, 7) is 6.49. The van der Waals surface area contributed by atoms with E-state index >= 15 is 0 Å². The van der Waals surface area contributed by atoms with Crippen molar-refractivity contribution in [2.24, 2.45) is 0 Å². The number of ketones is 1. The van der Waals surface area contributed by atoms with Crippen LogP contribution in [0.25, 0.3) is 0 Å². The Kier molecular flexibility index (Phi) is 5.15. The van der Waals surface area contributed by atoms with Gasteiger partial charge in [-0.15, -0.1) is 0 Å². The largest absolute Gasteiger partial charge is 0.367 e. The highest BCUT2D eigenvalue weighted by molar-refractivity contribution is 9.10. The van der Waals surface area contributed by atoms with Crippen molar-refractivity contribution in [1.29, 1.82) is 0 Å². The van der Waals surface area contributed by atoms with E-state index in [0.717, 1.165) is 10.0 Å². The molecule has 0 radical (unpaired) electrons. The Morgan fingerprint density at radius 2 is 2.00 bits per heavy atom. The smallest absolute Gasteiger partial charge is 0.196 e. The summed E-state index contributed by atoms with van der Waals surface area (Å²) in [6, 6.07) is 0. The van der Waals surface area contributed by atoms with Gasteiger partial charge in [-0.3, -0.25) is 4.79 Å². The van der Waals surface area contributed by atoms with E-state index in [1.807, 2.05) is 31.5 Å². The molecular formula is C12H17BrO2S. The molecule has 1 heterocycles. The van der Waals surface area contributed by atoms with Gasteiger partial charge in [0.2, 0.25) is 0 Å². The van der Waals surface area contributed by atoms with Crippen LogP contribution >= 0.6 is 27.3 Å². The Morgan fingerprint density at radius 1 is 1.38 bits per heavy atom. The van der Waals surface area contributed by atoms with Crippen LogP contribution in [0.3, 0.4) is 0 Å². The van der Waals surface area contributed by atoms with E-state index in [9.17, 15) is 4.79 Å². The zero-order valence-electron chi connectivity index (χ0n) is 9.88. The van der Waals surface area contributed by atoms with Gasteiger partial charge in [0.1, 0.15) is 5.60 Å². The van der Waals surface area contributed by atoms with Crippen molar-refractivity contribution < 1.29 is 9.53 Å². The Balaban J connectivity index is 3.04. The predicted octanol–water partition coefficient (Wildman–Crippen LogP) is 4.29. The summed E-state index contributed by atoms with van der Waals surface area (Å²) < 4.78 is 6.57. The van der Waals surface area contributed by atoms with Gasteiger partial charge in [0.25, 0.3) is 0 Å². The number of ether oxygens (including phenoxy) is 1. The molecule has 0 fully saturated rings. The number of hydrogen-bond donors (Lipinski definition) is 0. The van der Waals surface area contributed by atoms with Gasteiger partial charge in [-0.05, 0) is 35.7 Å². The van der Waals surface area contributed by atoms with E-state index in [0.29, 0.717) is 19.4 Å². The van der Waals surface area contributed by atoms with Gasteiger partial charge in [0.05, 0.1) is 0 Å². The Bertz CT molecular complexity index is 356. The van der Waals surface area contributed by atoms with Crippen molar-refractivity contribution in [2.75, 3.05) is 6.61 Å². The Morgan fingerprint density at radius 3 is 2.38 bits per heavy atom. The van der Waals surface area contributed by atoms with Crippen molar-refractivity contribution in [3.63, 3.8) is 0 Å². The molecule has 1 aromatic rings. The van der Waals surface area contributed by atoms with E-state index in [1.54, 1.807) is 0 Å². The van der Waals surface area contributed by atoms with Crippen LogP contribution in [0.2, 0.25) is 0 Å². The number of carbonyl (C=O) groups is 1. The van der Waals surface area contributed by atoms with E-state index in [-0.39, 0.29) is 5.78 Å². The molecule has 0 aliphatic carbocycles. The summed E-state index contributed by atoms with van der Waals surface area (Å²) in [4.78, 5) is 12.5. The molecule has 2 nitrogen and oxygen atoms in total. The minimum atomic E-state index is -0.654. The molecule has 90 valence electrons. The van der Waals surface area contributed by atoms with Crippen LogP contribution < -0.4 is 0 Å². The molecule has 0 aliphatic rings. The molecule has 4 heteroatoms. The van der Waals surface area contributed by atoms with Crippen LogP contribution in [0.4, 0.5) is 0 Å². The first-order valence-corrected chi connectivity index (χ1v) is 7.25. The molecule has 0 saturated heterocycles. The summed E-state index contributed by atoms with van der Waals surface area (Å²) in [7, 11) is 0. The molecule has 1 rings (SSSR count). The number of thiophene rings is 1. The van der Waals surface area contributed by atoms with E-state index in [1.165, 1.54) is 11.3 Å². The molecule has 0 spiro atoms. The van der Waals surface area contributed by atoms with Gasteiger partial charge in [-0.25, -0.2) is 0 Å². The van der Waals surface area contributed by atoms with Crippen LogP contribution in [0.15, 0.2) is 15.2 Å². The van der Waals surface area contributed by atoms with Crippen molar-refractivity contribution in [3.05, 3.63) is 20.8 Å². The summed E-state index contributed by atoms with van der Waals surface area (Å²) in [5.74, 6) is 0.0903. The molecule has 0 N–H and O–H groups in total. The number of halogens is 1. The van der Waals surface area contributed by atoms with E-state index in [2.05, 4.69) is 15.9 Å². The molecule has 0 aromatic carbocycles. The van der Waals surface area contributed by atoms with E-state index < -0.39 is 5.60 Å². The lowest BCUT2D eigenvalue weighted by Gasteiger charge is -2.29. The topological polar surface area (TPSA) is 26.3 Å². The number of carbonyl (C=O) groups excluding carboxylic acids is 1. The zero-order valence-corrected chi connectivity index (χ0v) is 12.3. The average Bonchev–Trinajstić information content (AvgIpc) is 2.71. The number of rotatable bonds is 6. The first-order valence-electron chi connectivity index (χ1n) is 5.51. The fraction of sp³-hybridized carbons (Fsp3) is 0.583. The third-order valence-corrected chi connectivity index (χ3v) is 4.54. The summed E-state index contributed by atoms with van der Waals surface area (Å²) >= 11 is 4.93. The molecule has 0 atom stereocenters. The second kappa shape index (κ2) is 5.94. The first kappa shape index (κ1) is 13.9. The molecule has 0 unspecified atom stereocenters. The molecule has 0 bridgehead atoms. The molecule has 0 amide bonds. The SMILES string of the molecule is CCOC(CC)(CC)C(=O)c1cscc1Br. The van der Waals surface area contributed by atoms with Crippen molar-refractivity contribution in [2.45, 2.75) is 39.2 Å². The lowest BCUT2D eigenvalue weighted by atomic mass is 9.88. The molecule has 0 aliphatic heterocycles. The average molecular weight is 305 g/mol. The Labute approximate surface area is 109 Å². The second-order valence-corrected chi connectivity index (χ2v) is 5.19. The third kappa shape index (κ3) is 2.55. The normalized spacial score (nSPS) is 11.8. The summed E-state index contributed by atoms with van der Waals surface area (Å²) in [5.41, 5.74) is 0.0837. The van der Waals surface area contributed by atoms with Crippen LogP contribution in [0, 0.1) is 0 Å². The fourth-order valence-corrected chi connectivity index (χ4v) is 3.26. The van der Waals surface area contributed by atoms with Crippen molar-refractivity contribution in [3.8, 4) is 0 Å². The monoisotopic (exact) mass is 304 g/mol. The minimum absolute atomic E-state index is 0.0903. The maximum atomic E-state index is 12.5. The number of hydrogen-bond acceptors (Lipinski definition) is 3. The van der Waals surface area contributed by atoms with Gasteiger partial charge in [0.15, 0.2) is 5.78 Å². The highest BCUT2D eigenvalue weighted by Gasteiger charge is 2.37. The minimum Gasteiger partial charge on any atom is -0.367 e. The highest BCUT2D eigenvalue weighted by Crippen LogP contribution is 2.31. The van der Waals surface area contributed by atoms with Gasteiger partial charge >= 0.3 is 0 Å². The fourth-order valence-electron chi connectivity index (χ4n) is 1.81. The molecule has 1 aromatic heterocycles. The maximum absolute atomic E-state index is 12.5. The van der Waals surface area contributed by atoms with Crippen molar-refractivity contribution >= 4 is 33.0 Å². The first-order chi connectivity index (χ1) is 7.61. The van der Waals surface area contributed by atoms with Crippen LogP contribution in [-0.2, 0) is 4.74 Å². The lowest BCUT2D eigenvalue weighted by Crippen LogP contribution is -2.40. The Hall–Kier alpha value is -0.190. The van der Waals surface area contributed by atoms with Gasteiger partial charge in [-0.2, -0.15) is 11.3 Å². The van der Waals surface area contributed by atoms with Crippen LogP contribution in [0.5, 0.6) is 0 Å². The second-order valence-electron chi connectivity index (χ2n) is 3.60. The van der Waals surface area contributed by atoms with Crippen molar-refractivity contribution in [1.82, 2.24) is 0 Å². The van der Waals surface area contributed by atoms with Gasteiger partial charge in [-0.1, -0.05) is 13.8 Å². The third-order valence-electron chi connectivity index (χ3n) is 2.84. The summed E-state index contributed by atoms with van der Waals surface area (Å²) in [5, 5.41) is 3.81.